The van der Waals surface area contributed by atoms with Crippen LogP contribution >= 0.6 is 11.3 Å². The van der Waals surface area contributed by atoms with Crippen molar-refractivity contribution in [1.29, 1.82) is 0 Å². The van der Waals surface area contributed by atoms with Crippen molar-refractivity contribution in [3.63, 3.8) is 0 Å². The van der Waals surface area contributed by atoms with Crippen molar-refractivity contribution >= 4 is 22.3 Å². The average molecular weight is 333 g/mol. The van der Waals surface area contributed by atoms with Crippen LogP contribution in [0.5, 0.6) is 5.88 Å². The third kappa shape index (κ3) is 3.90. The number of thiazole rings is 1. The lowest BCUT2D eigenvalue weighted by Crippen LogP contribution is -2.31. The van der Waals surface area contributed by atoms with Crippen molar-refractivity contribution in [1.82, 2.24) is 15.0 Å². The van der Waals surface area contributed by atoms with Gasteiger partial charge in [0.2, 0.25) is 0 Å². The quantitative estimate of drug-likeness (QED) is 0.857. The predicted molar refractivity (Wildman–Crippen MR) is 93.7 cm³/mol. The molecule has 1 aliphatic heterocycles. The van der Waals surface area contributed by atoms with Crippen molar-refractivity contribution in [2.24, 2.45) is 0 Å². The summed E-state index contributed by atoms with van der Waals surface area (Å²) in [6, 6.07) is 0. The van der Waals surface area contributed by atoms with E-state index < -0.39 is 0 Å². The fraction of sp³-hybridized carbons (Fsp3) is 0.562. The molecule has 2 aromatic heterocycles. The lowest BCUT2D eigenvalue weighted by Gasteiger charge is -2.24. The Hall–Kier alpha value is -1.89. The number of rotatable bonds is 4. The highest BCUT2D eigenvalue weighted by atomic mass is 32.1. The van der Waals surface area contributed by atoms with Crippen molar-refractivity contribution < 1.29 is 4.74 Å². The van der Waals surface area contributed by atoms with Gasteiger partial charge in [-0.3, -0.25) is 0 Å². The van der Waals surface area contributed by atoms with E-state index in [1.54, 1.807) is 23.7 Å². The molecule has 0 N–H and O–H groups in total. The molecule has 3 rings (SSSR count). The maximum Gasteiger partial charge on any atom is 0.257 e. The molecule has 7 heteroatoms. The Kier molecular flexibility index (Phi) is 4.95. The van der Waals surface area contributed by atoms with E-state index in [0.29, 0.717) is 5.88 Å². The standard InChI is InChI=1S/C16H23N5OS/c1-12(2)22-15-14(17-5-6-18-15)20-7-4-8-21(10-9-20)16-19-13(3)11-23-16/h5-6,11-12H,4,7-10H2,1-3H3. The van der Waals surface area contributed by atoms with Crippen molar-refractivity contribution in [3.8, 4) is 5.88 Å². The summed E-state index contributed by atoms with van der Waals surface area (Å²) < 4.78 is 5.82. The number of anilines is 2. The first-order valence-corrected chi connectivity index (χ1v) is 8.91. The first kappa shape index (κ1) is 16.0. The van der Waals surface area contributed by atoms with Gasteiger partial charge in [-0.2, -0.15) is 0 Å². The van der Waals surface area contributed by atoms with Crippen LogP contribution in [0.3, 0.4) is 0 Å². The molecule has 0 aromatic carbocycles. The number of aromatic nitrogens is 3. The molecule has 0 atom stereocenters. The molecule has 3 heterocycles. The Bertz CT molecular complexity index is 645. The second kappa shape index (κ2) is 7.12. The lowest BCUT2D eigenvalue weighted by molar-refractivity contribution is 0.232. The first-order chi connectivity index (χ1) is 11.1. The zero-order valence-corrected chi connectivity index (χ0v) is 14.7. The van der Waals surface area contributed by atoms with Gasteiger partial charge in [-0.15, -0.1) is 11.3 Å². The van der Waals surface area contributed by atoms with E-state index in [4.69, 9.17) is 4.74 Å². The molecule has 2 aromatic rings. The van der Waals surface area contributed by atoms with Crippen LogP contribution in [0.15, 0.2) is 17.8 Å². The van der Waals surface area contributed by atoms with Gasteiger partial charge in [-0.25, -0.2) is 15.0 Å². The highest BCUT2D eigenvalue weighted by Crippen LogP contribution is 2.26. The van der Waals surface area contributed by atoms with E-state index in [-0.39, 0.29) is 6.10 Å². The van der Waals surface area contributed by atoms with Gasteiger partial charge in [0.1, 0.15) is 0 Å². The number of nitrogens with zero attached hydrogens (tertiary/aromatic N) is 5. The van der Waals surface area contributed by atoms with Crippen LogP contribution in [-0.2, 0) is 0 Å². The van der Waals surface area contributed by atoms with E-state index in [0.717, 1.165) is 49.2 Å². The summed E-state index contributed by atoms with van der Waals surface area (Å²) in [5.41, 5.74) is 1.09. The minimum atomic E-state index is 0.0900. The first-order valence-electron chi connectivity index (χ1n) is 8.03. The maximum absolute atomic E-state index is 5.82. The molecule has 1 saturated heterocycles. The zero-order chi connectivity index (χ0) is 16.2. The molecule has 124 valence electrons. The Labute approximate surface area is 141 Å². The number of hydrogen-bond donors (Lipinski definition) is 0. The highest BCUT2D eigenvalue weighted by Gasteiger charge is 2.21. The second-order valence-corrected chi connectivity index (χ2v) is 6.79. The number of hydrogen-bond acceptors (Lipinski definition) is 7. The Morgan fingerprint density at radius 3 is 2.57 bits per heavy atom. The fourth-order valence-corrected chi connectivity index (χ4v) is 3.51. The zero-order valence-electron chi connectivity index (χ0n) is 13.9. The molecule has 0 saturated carbocycles. The average Bonchev–Trinajstić information content (AvgIpc) is 2.81. The minimum absolute atomic E-state index is 0.0900. The van der Waals surface area contributed by atoms with Gasteiger partial charge in [0.05, 0.1) is 11.8 Å². The third-order valence-corrected chi connectivity index (χ3v) is 4.69. The summed E-state index contributed by atoms with van der Waals surface area (Å²) in [5, 5.41) is 3.22. The lowest BCUT2D eigenvalue weighted by atomic mass is 10.4. The normalized spacial score (nSPS) is 15.8. The molecule has 23 heavy (non-hydrogen) atoms. The van der Waals surface area contributed by atoms with E-state index in [1.807, 2.05) is 20.8 Å². The van der Waals surface area contributed by atoms with Gasteiger partial charge < -0.3 is 14.5 Å². The Morgan fingerprint density at radius 1 is 1.09 bits per heavy atom. The summed E-state index contributed by atoms with van der Waals surface area (Å²) in [6.07, 6.45) is 4.57. The maximum atomic E-state index is 5.82. The molecule has 1 fully saturated rings. The van der Waals surface area contributed by atoms with Gasteiger partial charge in [0, 0.05) is 44.0 Å². The van der Waals surface area contributed by atoms with Crippen LogP contribution < -0.4 is 14.5 Å². The van der Waals surface area contributed by atoms with Crippen LogP contribution in [0.25, 0.3) is 0 Å². The summed E-state index contributed by atoms with van der Waals surface area (Å²) >= 11 is 1.72. The number of aryl methyl sites for hydroxylation is 1. The van der Waals surface area contributed by atoms with Gasteiger partial charge in [-0.05, 0) is 27.2 Å². The van der Waals surface area contributed by atoms with E-state index >= 15 is 0 Å². The van der Waals surface area contributed by atoms with Gasteiger partial charge in [0.15, 0.2) is 10.9 Å². The molecular weight excluding hydrogens is 310 g/mol. The summed E-state index contributed by atoms with van der Waals surface area (Å²) in [6.45, 7) is 9.86. The molecular formula is C16H23N5OS. The molecule has 0 radical (unpaired) electrons. The number of ether oxygens (including phenoxy) is 1. The molecule has 0 spiro atoms. The van der Waals surface area contributed by atoms with Gasteiger partial charge in [-0.1, -0.05) is 0 Å². The Morgan fingerprint density at radius 2 is 1.83 bits per heavy atom. The largest absolute Gasteiger partial charge is 0.472 e. The molecule has 0 unspecified atom stereocenters. The second-order valence-electron chi connectivity index (χ2n) is 5.95. The van der Waals surface area contributed by atoms with Crippen LogP contribution in [-0.4, -0.2) is 47.2 Å². The smallest absolute Gasteiger partial charge is 0.257 e. The Balaban J connectivity index is 1.73. The topological polar surface area (TPSA) is 54.4 Å². The fourth-order valence-electron chi connectivity index (χ4n) is 2.65. The highest BCUT2D eigenvalue weighted by molar-refractivity contribution is 7.13. The van der Waals surface area contributed by atoms with Crippen LogP contribution in [0, 0.1) is 6.92 Å². The van der Waals surface area contributed by atoms with Crippen LogP contribution in [0.4, 0.5) is 10.9 Å². The monoisotopic (exact) mass is 333 g/mol. The summed E-state index contributed by atoms with van der Waals surface area (Å²) in [4.78, 5) is 18.1. The van der Waals surface area contributed by atoms with Crippen LogP contribution in [0.1, 0.15) is 26.0 Å². The van der Waals surface area contributed by atoms with Crippen molar-refractivity contribution in [2.75, 3.05) is 36.0 Å². The summed E-state index contributed by atoms with van der Waals surface area (Å²) in [7, 11) is 0. The van der Waals surface area contributed by atoms with Crippen molar-refractivity contribution in [3.05, 3.63) is 23.5 Å². The molecule has 0 amide bonds. The van der Waals surface area contributed by atoms with E-state index in [1.165, 1.54) is 0 Å². The van der Waals surface area contributed by atoms with Crippen molar-refractivity contribution in [2.45, 2.75) is 33.3 Å². The van der Waals surface area contributed by atoms with Gasteiger partial charge in [0.25, 0.3) is 5.88 Å². The molecule has 1 aliphatic rings. The van der Waals surface area contributed by atoms with E-state index in [9.17, 15) is 0 Å². The molecule has 6 nitrogen and oxygen atoms in total. The predicted octanol–water partition coefficient (Wildman–Crippen LogP) is 2.75. The summed E-state index contributed by atoms with van der Waals surface area (Å²) in [5.74, 6) is 1.47. The minimum Gasteiger partial charge on any atom is -0.472 e. The third-order valence-electron chi connectivity index (χ3n) is 3.67. The SMILES string of the molecule is Cc1csc(N2CCCN(c3nccnc3OC(C)C)CC2)n1. The molecule has 0 bridgehead atoms. The van der Waals surface area contributed by atoms with Gasteiger partial charge >= 0.3 is 0 Å². The van der Waals surface area contributed by atoms with Crippen LogP contribution in [0.2, 0.25) is 0 Å². The van der Waals surface area contributed by atoms with E-state index in [2.05, 4.69) is 30.1 Å². The molecule has 0 aliphatic carbocycles.